The van der Waals surface area contributed by atoms with Crippen LogP contribution in [0.3, 0.4) is 0 Å². The number of amides is 1. The number of carbonyl (C=O) groups excluding carboxylic acids is 2. The van der Waals surface area contributed by atoms with Gasteiger partial charge in [0.1, 0.15) is 6.04 Å². The molecule has 0 fully saturated rings. The summed E-state index contributed by atoms with van der Waals surface area (Å²) in [7, 11) is 1.40. The number of methoxy groups -OCH3 is 1. The quantitative estimate of drug-likeness (QED) is 0.0927. The number of aliphatic carboxylic acids is 1. The summed E-state index contributed by atoms with van der Waals surface area (Å²) in [5, 5.41) is 11.9. The maximum atomic E-state index is 13.0. The van der Waals surface area contributed by atoms with E-state index in [1.807, 2.05) is 38.1 Å². The molecule has 8 bridgehead atoms. The molecule has 2 aliphatic heterocycles. The van der Waals surface area contributed by atoms with E-state index in [-0.39, 0.29) is 30.6 Å². The molecular formula is C40H48N6O5. The molecule has 1 unspecified atom stereocenters. The van der Waals surface area contributed by atoms with Gasteiger partial charge in [0.2, 0.25) is 5.91 Å². The van der Waals surface area contributed by atoms with Crippen LogP contribution in [0.1, 0.15) is 96.4 Å². The van der Waals surface area contributed by atoms with E-state index in [9.17, 15) is 14.4 Å². The van der Waals surface area contributed by atoms with Gasteiger partial charge in [-0.3, -0.25) is 19.4 Å². The first-order valence-electron chi connectivity index (χ1n) is 17.4. The van der Waals surface area contributed by atoms with Crippen LogP contribution in [0.15, 0.2) is 43.5 Å². The third-order valence-electron chi connectivity index (χ3n) is 9.95. The first-order valence-corrected chi connectivity index (χ1v) is 17.4. The maximum Gasteiger partial charge on any atom is 0.320 e. The van der Waals surface area contributed by atoms with E-state index in [1.165, 1.54) is 7.11 Å². The van der Waals surface area contributed by atoms with Gasteiger partial charge < -0.3 is 30.9 Å². The normalized spacial score (nSPS) is 14.6. The maximum absolute atomic E-state index is 13.0. The first kappa shape index (κ1) is 37.0. The number of ether oxygens (including phenoxy) is 1. The zero-order valence-corrected chi connectivity index (χ0v) is 29.9. The van der Waals surface area contributed by atoms with Crippen molar-refractivity contribution in [3.63, 3.8) is 0 Å². The van der Waals surface area contributed by atoms with Crippen LogP contribution in [0.25, 0.3) is 39.3 Å². The minimum Gasteiger partial charge on any atom is -0.480 e. The molecule has 0 spiro atoms. The lowest BCUT2D eigenvalue weighted by atomic mass is 9.96. The summed E-state index contributed by atoms with van der Waals surface area (Å²) < 4.78 is 4.95. The van der Waals surface area contributed by atoms with Crippen LogP contribution in [0, 0.1) is 13.8 Å². The Labute approximate surface area is 298 Å². The van der Waals surface area contributed by atoms with Gasteiger partial charge in [0.05, 0.1) is 18.5 Å². The van der Waals surface area contributed by atoms with Crippen LogP contribution in [-0.4, -0.2) is 62.6 Å². The minimum absolute atomic E-state index is 0.0202. The summed E-state index contributed by atoms with van der Waals surface area (Å²) in [6.45, 7) is 14.8. The number of esters is 1. The second-order valence-electron chi connectivity index (χ2n) is 13.3. The highest BCUT2D eigenvalue weighted by molar-refractivity contribution is 5.96. The number of unbranched alkanes of at least 4 members (excludes halogenated alkanes) is 1. The van der Waals surface area contributed by atoms with Crippen molar-refractivity contribution in [2.24, 2.45) is 5.73 Å². The fraction of sp³-hybridized carbons (Fsp3) is 0.375. The summed E-state index contributed by atoms with van der Waals surface area (Å²) >= 11 is 0. The third-order valence-corrected chi connectivity index (χ3v) is 9.95. The van der Waals surface area contributed by atoms with Crippen molar-refractivity contribution in [3.8, 4) is 0 Å². The molecule has 0 aromatic carbocycles. The molecule has 268 valence electrons. The summed E-state index contributed by atoms with van der Waals surface area (Å²) in [4.78, 5) is 53.4. The van der Waals surface area contributed by atoms with E-state index in [0.717, 1.165) is 78.2 Å². The van der Waals surface area contributed by atoms with Crippen molar-refractivity contribution in [1.29, 1.82) is 0 Å². The number of carbonyl (C=O) groups is 3. The van der Waals surface area contributed by atoms with Crippen molar-refractivity contribution in [3.05, 3.63) is 88.5 Å². The zero-order chi connectivity index (χ0) is 36.8. The van der Waals surface area contributed by atoms with Gasteiger partial charge >= 0.3 is 11.9 Å². The average Bonchev–Trinajstić information content (AvgIpc) is 3.80. The van der Waals surface area contributed by atoms with E-state index < -0.39 is 12.0 Å². The number of carboxylic acid groups (broad SMARTS) is 1. The van der Waals surface area contributed by atoms with Crippen LogP contribution in [0.4, 0.5) is 0 Å². The number of aromatic nitrogens is 4. The molecule has 3 aromatic rings. The largest absolute Gasteiger partial charge is 0.480 e. The molecule has 5 heterocycles. The molecule has 11 nitrogen and oxygen atoms in total. The SMILES string of the molecule is C=CC1=C(C)c2cc3nc(cc4[nH]c(cc5[nH]c(cc1n2)c(C)c5C=C)c(C)c4CCC(=O)NCCCC[C@H](N)C(=O)O)C(CCC(=O)OC)C3. The van der Waals surface area contributed by atoms with Gasteiger partial charge in [-0.1, -0.05) is 25.3 Å². The fourth-order valence-electron chi connectivity index (χ4n) is 6.85. The average molecular weight is 693 g/mol. The van der Waals surface area contributed by atoms with Crippen molar-refractivity contribution in [2.45, 2.75) is 84.1 Å². The van der Waals surface area contributed by atoms with E-state index in [4.69, 9.17) is 25.5 Å². The first-order chi connectivity index (χ1) is 24.4. The van der Waals surface area contributed by atoms with Gasteiger partial charge in [-0.2, -0.15) is 0 Å². The predicted molar refractivity (Wildman–Crippen MR) is 202 cm³/mol. The van der Waals surface area contributed by atoms with Crippen LogP contribution < -0.4 is 11.1 Å². The monoisotopic (exact) mass is 692 g/mol. The van der Waals surface area contributed by atoms with Gasteiger partial charge in [0.25, 0.3) is 0 Å². The Kier molecular flexibility index (Phi) is 11.7. The number of hydrogen-bond donors (Lipinski definition) is 5. The topological polar surface area (TPSA) is 176 Å². The number of aromatic amines is 2. The Balaban J connectivity index is 1.61. The van der Waals surface area contributed by atoms with Gasteiger partial charge in [-0.15, -0.1) is 0 Å². The van der Waals surface area contributed by atoms with Crippen LogP contribution in [-0.2, 0) is 32.0 Å². The molecule has 0 saturated heterocycles. The van der Waals surface area contributed by atoms with Gasteiger partial charge in [-0.25, -0.2) is 4.98 Å². The highest BCUT2D eigenvalue weighted by Gasteiger charge is 2.24. The van der Waals surface area contributed by atoms with E-state index in [0.29, 0.717) is 45.1 Å². The molecule has 3 aromatic heterocycles. The lowest BCUT2D eigenvalue weighted by Crippen LogP contribution is -2.30. The molecule has 51 heavy (non-hydrogen) atoms. The molecule has 5 rings (SSSR count). The van der Waals surface area contributed by atoms with Crippen LogP contribution in [0.5, 0.6) is 0 Å². The number of aryl methyl sites for hydroxylation is 3. The van der Waals surface area contributed by atoms with Gasteiger partial charge in [0, 0.05) is 69.9 Å². The van der Waals surface area contributed by atoms with Crippen molar-refractivity contribution >= 4 is 57.1 Å². The van der Waals surface area contributed by atoms with Crippen molar-refractivity contribution < 1.29 is 24.2 Å². The number of carboxylic acids is 1. The molecule has 1 amide bonds. The highest BCUT2D eigenvalue weighted by atomic mass is 16.5. The van der Waals surface area contributed by atoms with E-state index >= 15 is 0 Å². The summed E-state index contributed by atoms with van der Waals surface area (Å²) in [5.74, 6) is -1.39. The van der Waals surface area contributed by atoms with Crippen LogP contribution >= 0.6 is 0 Å². The summed E-state index contributed by atoms with van der Waals surface area (Å²) in [5.41, 5.74) is 18.5. The number of allylic oxidation sites excluding steroid dienone is 3. The third kappa shape index (κ3) is 8.37. The van der Waals surface area contributed by atoms with E-state index in [1.54, 1.807) is 0 Å². The van der Waals surface area contributed by atoms with Gasteiger partial charge in [0.15, 0.2) is 0 Å². The number of nitrogens with one attached hydrogen (secondary N) is 3. The lowest BCUT2D eigenvalue weighted by molar-refractivity contribution is -0.141. The second-order valence-corrected chi connectivity index (χ2v) is 13.3. The number of rotatable bonds is 14. The number of fused-ring (bicyclic) bond motifs is 8. The molecule has 11 heteroatoms. The number of H-pyrrole nitrogens is 2. The zero-order valence-electron chi connectivity index (χ0n) is 29.9. The number of nitrogens with zero attached hydrogens (tertiary/aromatic N) is 2. The highest BCUT2D eigenvalue weighted by Crippen LogP contribution is 2.35. The smallest absolute Gasteiger partial charge is 0.320 e. The second kappa shape index (κ2) is 16.2. The molecule has 6 N–H and O–H groups in total. The Hall–Kier alpha value is -5.29. The lowest BCUT2D eigenvalue weighted by Gasteiger charge is -2.09. The van der Waals surface area contributed by atoms with Crippen molar-refractivity contribution in [2.75, 3.05) is 13.7 Å². The molecule has 2 atom stereocenters. The molecule has 2 aliphatic rings. The minimum atomic E-state index is -1.02. The Morgan fingerprint density at radius 3 is 2.43 bits per heavy atom. The Bertz CT molecular complexity index is 2070. The van der Waals surface area contributed by atoms with Crippen LogP contribution in [0.2, 0.25) is 0 Å². The fourth-order valence-corrected chi connectivity index (χ4v) is 6.85. The number of hydrogen-bond acceptors (Lipinski definition) is 7. The van der Waals surface area contributed by atoms with Crippen molar-refractivity contribution in [1.82, 2.24) is 25.3 Å². The number of nitrogens with two attached hydrogens (primary N) is 1. The molecule has 0 radical (unpaired) electrons. The van der Waals surface area contributed by atoms with E-state index in [2.05, 4.69) is 47.5 Å². The summed E-state index contributed by atoms with van der Waals surface area (Å²) in [6.07, 6.45) is 7.55. The molecule has 0 saturated carbocycles. The Morgan fingerprint density at radius 2 is 1.73 bits per heavy atom. The predicted octanol–water partition coefficient (Wildman–Crippen LogP) is 6.60. The molecular weight excluding hydrogens is 644 g/mol. The molecule has 0 aliphatic carbocycles. The van der Waals surface area contributed by atoms with Gasteiger partial charge in [-0.05, 0) is 106 Å². The standard InChI is InChI=1S/C40H48N6O5/c1-7-27-22(3)31-18-26-17-25(12-15-39(48)51-6)34(43-26)21-37-29(13-14-38(47)42-16-10-9-11-30(41)40(49)50)24(5)33(46-37)20-36-28(8-2)23(4)32(45-36)19-35(27)44-31/h7-8,18-21,25,30,45-46H,1-2,9-17,41H2,3-6H3,(H,42,47)(H,49,50)/t25?,30-/m0/s1. The summed E-state index contributed by atoms with van der Waals surface area (Å²) in [6, 6.07) is 7.31. The Morgan fingerprint density at radius 1 is 0.980 bits per heavy atom.